The number of aryl methyl sites for hydroxylation is 1. The van der Waals surface area contributed by atoms with E-state index in [2.05, 4.69) is 4.98 Å². The summed E-state index contributed by atoms with van der Waals surface area (Å²) in [5, 5.41) is 0. The van der Waals surface area contributed by atoms with Gasteiger partial charge in [-0.2, -0.15) is 4.31 Å². The number of nitrogens with zero attached hydrogens (tertiary/aromatic N) is 2. The Balaban J connectivity index is 1.63. The summed E-state index contributed by atoms with van der Waals surface area (Å²) in [7, 11) is -3.37. The molecule has 3 rings (SSSR count). The highest BCUT2D eigenvalue weighted by atomic mass is 32.2. The van der Waals surface area contributed by atoms with Gasteiger partial charge in [-0.05, 0) is 31.2 Å². The molecular weight excluding hydrogens is 310 g/mol. The molecule has 0 bridgehead atoms. The zero-order chi connectivity index (χ0) is 16.3. The first-order chi connectivity index (χ1) is 11.1. The Kier molecular flexibility index (Phi) is 4.75. The third-order valence-electron chi connectivity index (χ3n) is 4.25. The van der Waals surface area contributed by atoms with Crippen LogP contribution in [0.3, 0.4) is 0 Å². The number of hydrogen-bond donors (Lipinski definition) is 1. The van der Waals surface area contributed by atoms with E-state index in [-0.39, 0.29) is 0 Å². The normalized spacial score (nSPS) is 17.3. The number of aromatic nitrogens is 1. The van der Waals surface area contributed by atoms with Crippen molar-refractivity contribution >= 4 is 10.0 Å². The van der Waals surface area contributed by atoms with Gasteiger partial charge in [0.05, 0.1) is 36.8 Å². The summed E-state index contributed by atoms with van der Waals surface area (Å²) < 4.78 is 26.9. The summed E-state index contributed by atoms with van der Waals surface area (Å²) >= 11 is 0. The third-order valence-corrected chi connectivity index (χ3v) is 6.16. The molecule has 1 aromatic heterocycles. The van der Waals surface area contributed by atoms with Crippen LogP contribution in [0.15, 0.2) is 53.6 Å². The fourth-order valence-corrected chi connectivity index (χ4v) is 4.28. The highest BCUT2D eigenvalue weighted by Crippen LogP contribution is 2.16. The van der Waals surface area contributed by atoms with Gasteiger partial charge in [-0.3, -0.25) is 4.98 Å². The fourth-order valence-electron chi connectivity index (χ4n) is 2.84. The first-order valence-corrected chi connectivity index (χ1v) is 9.30. The summed E-state index contributed by atoms with van der Waals surface area (Å²) in [4.78, 5) is 6.10. The maximum absolute atomic E-state index is 12.7. The predicted octanol–water partition coefficient (Wildman–Crippen LogP) is 0.479. The number of hydrogen-bond acceptors (Lipinski definition) is 3. The average Bonchev–Trinajstić information content (AvgIpc) is 2.57. The van der Waals surface area contributed by atoms with Crippen LogP contribution >= 0.6 is 0 Å². The SMILES string of the molecule is Cc1ccc(S(=O)(=O)N2CC[NH+](Cc3ccccn3)CC2)cc1. The van der Waals surface area contributed by atoms with Gasteiger partial charge >= 0.3 is 0 Å². The van der Waals surface area contributed by atoms with E-state index >= 15 is 0 Å². The number of nitrogens with one attached hydrogen (secondary N) is 1. The van der Waals surface area contributed by atoms with E-state index in [1.807, 2.05) is 37.3 Å². The quantitative estimate of drug-likeness (QED) is 0.886. The minimum atomic E-state index is -3.37. The van der Waals surface area contributed by atoms with Gasteiger partial charge in [0.1, 0.15) is 6.54 Å². The van der Waals surface area contributed by atoms with E-state index in [1.54, 1.807) is 22.6 Å². The maximum Gasteiger partial charge on any atom is 0.243 e. The molecule has 5 nitrogen and oxygen atoms in total. The molecule has 2 aromatic rings. The van der Waals surface area contributed by atoms with Crippen molar-refractivity contribution in [1.29, 1.82) is 0 Å². The smallest absolute Gasteiger partial charge is 0.243 e. The van der Waals surface area contributed by atoms with Crippen molar-refractivity contribution in [2.24, 2.45) is 0 Å². The van der Waals surface area contributed by atoms with Crippen LogP contribution in [0.5, 0.6) is 0 Å². The number of piperazine rings is 1. The standard InChI is InChI=1S/C17H21N3O2S/c1-15-5-7-17(8-6-15)23(21,22)20-12-10-19(11-13-20)14-16-4-2-3-9-18-16/h2-9H,10-14H2,1H3/p+1. The van der Waals surface area contributed by atoms with Crippen LogP contribution < -0.4 is 4.90 Å². The second kappa shape index (κ2) is 6.78. The zero-order valence-electron chi connectivity index (χ0n) is 13.3. The summed E-state index contributed by atoms with van der Waals surface area (Å²) in [6.07, 6.45) is 1.80. The molecule has 1 aliphatic heterocycles. The maximum atomic E-state index is 12.7. The second-order valence-electron chi connectivity index (χ2n) is 5.96. The summed E-state index contributed by atoms with van der Waals surface area (Å²) in [5.41, 5.74) is 2.12. The van der Waals surface area contributed by atoms with Crippen LogP contribution in [0.25, 0.3) is 0 Å². The Hall–Kier alpha value is -1.76. The molecule has 122 valence electrons. The van der Waals surface area contributed by atoms with Crippen LogP contribution in [-0.4, -0.2) is 43.9 Å². The van der Waals surface area contributed by atoms with E-state index in [4.69, 9.17) is 0 Å². The van der Waals surface area contributed by atoms with E-state index < -0.39 is 10.0 Å². The molecule has 0 atom stereocenters. The molecule has 1 fully saturated rings. The predicted molar refractivity (Wildman–Crippen MR) is 88.6 cm³/mol. The minimum Gasteiger partial charge on any atom is -0.328 e. The number of quaternary nitrogens is 1. The fraction of sp³-hybridized carbons (Fsp3) is 0.353. The number of pyridine rings is 1. The molecule has 0 amide bonds. The highest BCUT2D eigenvalue weighted by Gasteiger charge is 2.30. The Morgan fingerprint density at radius 2 is 1.78 bits per heavy atom. The topological polar surface area (TPSA) is 54.7 Å². The van der Waals surface area contributed by atoms with Gasteiger partial charge in [0.2, 0.25) is 10.0 Å². The Labute approximate surface area is 137 Å². The summed E-state index contributed by atoms with van der Waals surface area (Å²) in [6, 6.07) is 13.0. The van der Waals surface area contributed by atoms with Crippen molar-refractivity contribution in [3.63, 3.8) is 0 Å². The number of benzene rings is 1. The third kappa shape index (κ3) is 3.77. The largest absolute Gasteiger partial charge is 0.328 e. The van der Waals surface area contributed by atoms with Crippen molar-refractivity contribution < 1.29 is 13.3 Å². The molecule has 0 unspecified atom stereocenters. The average molecular weight is 332 g/mol. The van der Waals surface area contributed by atoms with Crippen LogP contribution in [0, 0.1) is 6.92 Å². The van der Waals surface area contributed by atoms with Crippen molar-refractivity contribution in [3.05, 3.63) is 59.9 Å². The molecule has 1 saturated heterocycles. The van der Waals surface area contributed by atoms with Gasteiger partial charge < -0.3 is 4.90 Å². The Bertz CT molecular complexity index is 737. The molecular formula is C17H22N3O2S+. The lowest BCUT2D eigenvalue weighted by Crippen LogP contribution is -3.13. The van der Waals surface area contributed by atoms with Crippen molar-refractivity contribution in [2.45, 2.75) is 18.4 Å². The molecule has 6 heteroatoms. The van der Waals surface area contributed by atoms with Gasteiger partial charge in [-0.15, -0.1) is 0 Å². The van der Waals surface area contributed by atoms with Crippen LogP contribution in [0.1, 0.15) is 11.3 Å². The lowest BCUT2D eigenvalue weighted by atomic mass is 10.2. The van der Waals surface area contributed by atoms with E-state index in [9.17, 15) is 8.42 Å². The van der Waals surface area contributed by atoms with Gasteiger partial charge in [-0.25, -0.2) is 8.42 Å². The number of sulfonamides is 1. The van der Waals surface area contributed by atoms with E-state index in [0.29, 0.717) is 18.0 Å². The van der Waals surface area contributed by atoms with Gasteiger partial charge in [0.25, 0.3) is 0 Å². The molecule has 0 saturated carbocycles. The van der Waals surface area contributed by atoms with Crippen LogP contribution in [0.2, 0.25) is 0 Å². The van der Waals surface area contributed by atoms with Crippen LogP contribution in [0.4, 0.5) is 0 Å². The number of rotatable bonds is 4. The highest BCUT2D eigenvalue weighted by molar-refractivity contribution is 7.89. The second-order valence-corrected chi connectivity index (χ2v) is 7.90. The lowest BCUT2D eigenvalue weighted by molar-refractivity contribution is -0.917. The Morgan fingerprint density at radius 3 is 2.39 bits per heavy atom. The summed E-state index contributed by atoms with van der Waals surface area (Å²) in [5.74, 6) is 0. The van der Waals surface area contributed by atoms with Gasteiger partial charge in [0, 0.05) is 6.20 Å². The molecule has 0 radical (unpaired) electrons. The van der Waals surface area contributed by atoms with Crippen molar-refractivity contribution in [3.8, 4) is 0 Å². The van der Waals surface area contributed by atoms with Gasteiger partial charge in [-0.1, -0.05) is 23.8 Å². The molecule has 0 spiro atoms. The monoisotopic (exact) mass is 332 g/mol. The lowest BCUT2D eigenvalue weighted by Gasteiger charge is -2.31. The zero-order valence-corrected chi connectivity index (χ0v) is 14.1. The van der Waals surface area contributed by atoms with Crippen LogP contribution in [-0.2, 0) is 16.6 Å². The van der Waals surface area contributed by atoms with Crippen molar-refractivity contribution in [2.75, 3.05) is 26.2 Å². The van der Waals surface area contributed by atoms with Crippen molar-refractivity contribution in [1.82, 2.24) is 9.29 Å². The molecule has 1 aromatic carbocycles. The molecule has 0 aliphatic carbocycles. The van der Waals surface area contributed by atoms with E-state index in [0.717, 1.165) is 30.9 Å². The molecule has 1 N–H and O–H groups in total. The summed E-state index contributed by atoms with van der Waals surface area (Å²) in [6.45, 7) is 5.52. The first-order valence-electron chi connectivity index (χ1n) is 7.86. The molecule has 23 heavy (non-hydrogen) atoms. The minimum absolute atomic E-state index is 0.385. The molecule has 1 aliphatic rings. The van der Waals surface area contributed by atoms with E-state index in [1.165, 1.54) is 4.90 Å². The first kappa shape index (κ1) is 16.1. The van der Waals surface area contributed by atoms with Gasteiger partial charge in [0.15, 0.2) is 0 Å². The Morgan fingerprint density at radius 1 is 1.09 bits per heavy atom. The molecule has 2 heterocycles.